The number of carbonyl (C=O) groups is 2. The number of amides is 2. The van der Waals surface area contributed by atoms with Crippen LogP contribution >= 0.6 is 22.7 Å². The highest BCUT2D eigenvalue weighted by Gasteiger charge is 2.35. The quantitative estimate of drug-likeness (QED) is 0.342. The maximum Gasteiger partial charge on any atom is 0.262 e. The van der Waals surface area contributed by atoms with E-state index in [-0.39, 0.29) is 41.3 Å². The van der Waals surface area contributed by atoms with E-state index in [9.17, 15) is 23.1 Å². The average Bonchev–Trinajstić information content (AvgIpc) is 3.40. The molecule has 0 spiro atoms. The zero-order chi connectivity index (χ0) is 30.1. The van der Waals surface area contributed by atoms with Gasteiger partial charge in [-0.3, -0.25) is 9.59 Å². The van der Waals surface area contributed by atoms with Gasteiger partial charge in [0.25, 0.3) is 15.9 Å². The van der Waals surface area contributed by atoms with E-state index in [0.29, 0.717) is 24.1 Å². The van der Waals surface area contributed by atoms with Gasteiger partial charge in [-0.15, -0.1) is 22.7 Å². The summed E-state index contributed by atoms with van der Waals surface area (Å²) in [5.74, 6) is -0.544. The number of aryl methyl sites for hydroxylation is 1. The third-order valence-electron chi connectivity index (χ3n) is 7.21. The summed E-state index contributed by atoms with van der Waals surface area (Å²) in [5, 5.41) is 16.7. The smallest absolute Gasteiger partial charge is 0.262 e. The fraction of sp³-hybridized carbons (Fsp3) is 0.552. The van der Waals surface area contributed by atoms with Gasteiger partial charge in [0.05, 0.1) is 17.0 Å². The van der Waals surface area contributed by atoms with Gasteiger partial charge in [0, 0.05) is 33.6 Å². The molecule has 3 aromatic heterocycles. The lowest BCUT2D eigenvalue weighted by atomic mass is 9.95. The standard InChI is InChI=1S/C29H40N4O5S3/c1-17(2)14-20(32-28(36)26-18(3)25-22(39-26)15-23(40-25)29(4,5)6)27(35)31-19-10-9-13-33(16-21(19)34)41(37,38)24-11-7-8-12-30-24/h7-8,11-12,15,17,19-21,34H,9-10,13-14,16H2,1-6H3,(H,31,35)(H,32,36)/t19?,20-,21?/m0/s1. The number of pyridine rings is 1. The topological polar surface area (TPSA) is 129 Å². The zero-order valence-electron chi connectivity index (χ0n) is 24.4. The van der Waals surface area contributed by atoms with E-state index in [1.54, 1.807) is 23.5 Å². The van der Waals surface area contributed by atoms with Crippen molar-refractivity contribution < 1.29 is 23.1 Å². The van der Waals surface area contributed by atoms with Crippen LogP contribution in [0.5, 0.6) is 0 Å². The predicted molar refractivity (Wildman–Crippen MR) is 164 cm³/mol. The molecule has 0 aromatic carbocycles. The first kappa shape index (κ1) is 31.6. The molecule has 3 atom stereocenters. The van der Waals surface area contributed by atoms with Crippen LogP contribution < -0.4 is 10.6 Å². The average molecular weight is 621 g/mol. The fourth-order valence-corrected chi connectivity index (χ4v) is 8.91. The molecular formula is C29H40N4O5S3. The Balaban J connectivity index is 1.46. The second kappa shape index (κ2) is 12.5. The lowest BCUT2D eigenvalue weighted by molar-refractivity contribution is -0.125. The van der Waals surface area contributed by atoms with Crippen LogP contribution in [0.4, 0.5) is 0 Å². The number of thiophene rings is 2. The number of nitrogens with zero attached hydrogens (tertiary/aromatic N) is 2. The number of nitrogens with one attached hydrogen (secondary N) is 2. The SMILES string of the molecule is Cc1c(C(=O)N[C@@H](CC(C)C)C(=O)NC2CCCN(S(=O)(=O)c3ccccn3)CC2O)sc2cc(C(C)(C)C)sc12. The fourth-order valence-electron chi connectivity index (χ4n) is 4.92. The molecule has 0 bridgehead atoms. The van der Waals surface area contributed by atoms with Gasteiger partial charge in [-0.25, -0.2) is 13.4 Å². The summed E-state index contributed by atoms with van der Waals surface area (Å²) >= 11 is 3.14. The Morgan fingerprint density at radius 2 is 1.95 bits per heavy atom. The highest BCUT2D eigenvalue weighted by Crippen LogP contribution is 2.41. The van der Waals surface area contributed by atoms with Gasteiger partial charge in [-0.2, -0.15) is 4.31 Å². The Kier molecular flexibility index (Phi) is 9.59. The lowest BCUT2D eigenvalue weighted by Gasteiger charge is -2.27. The number of rotatable bonds is 8. The van der Waals surface area contributed by atoms with Crippen molar-refractivity contribution in [1.29, 1.82) is 0 Å². The van der Waals surface area contributed by atoms with E-state index < -0.39 is 28.2 Å². The largest absolute Gasteiger partial charge is 0.390 e. The molecule has 4 rings (SSSR count). The van der Waals surface area contributed by atoms with E-state index in [0.717, 1.165) is 15.0 Å². The van der Waals surface area contributed by atoms with Gasteiger partial charge in [0.15, 0.2) is 5.03 Å². The number of fused-ring (bicyclic) bond motifs is 1. The van der Waals surface area contributed by atoms with Crippen LogP contribution in [0.25, 0.3) is 9.40 Å². The van der Waals surface area contributed by atoms with Crippen molar-refractivity contribution in [2.45, 2.75) is 89.4 Å². The van der Waals surface area contributed by atoms with E-state index in [1.165, 1.54) is 32.8 Å². The number of aliphatic hydroxyl groups is 1. The molecule has 224 valence electrons. The second-order valence-corrected chi connectivity index (χ2v) is 16.1. The van der Waals surface area contributed by atoms with Crippen molar-refractivity contribution in [2.24, 2.45) is 5.92 Å². The third kappa shape index (κ3) is 7.16. The molecule has 2 amide bonds. The predicted octanol–water partition coefficient (Wildman–Crippen LogP) is 4.44. The van der Waals surface area contributed by atoms with Gasteiger partial charge < -0.3 is 15.7 Å². The Bertz CT molecular complexity index is 1490. The maximum atomic E-state index is 13.5. The van der Waals surface area contributed by atoms with Gasteiger partial charge in [0.1, 0.15) is 6.04 Å². The van der Waals surface area contributed by atoms with Crippen molar-refractivity contribution in [2.75, 3.05) is 13.1 Å². The van der Waals surface area contributed by atoms with Gasteiger partial charge in [-0.1, -0.05) is 40.7 Å². The molecule has 1 saturated heterocycles. The molecule has 0 radical (unpaired) electrons. The number of aromatic nitrogens is 1. The van der Waals surface area contributed by atoms with Crippen LogP contribution in [0.3, 0.4) is 0 Å². The lowest BCUT2D eigenvalue weighted by Crippen LogP contribution is -2.54. The van der Waals surface area contributed by atoms with Crippen LogP contribution in [0.15, 0.2) is 35.5 Å². The molecule has 1 aliphatic rings. The summed E-state index contributed by atoms with van der Waals surface area (Å²) in [6.45, 7) is 12.5. The third-order valence-corrected chi connectivity index (χ3v) is 12.0. The summed E-state index contributed by atoms with van der Waals surface area (Å²) in [7, 11) is -3.88. The van der Waals surface area contributed by atoms with E-state index in [1.807, 2.05) is 20.8 Å². The summed E-state index contributed by atoms with van der Waals surface area (Å²) in [6, 6.07) is 5.37. The van der Waals surface area contributed by atoms with Crippen LogP contribution in [0, 0.1) is 12.8 Å². The molecular weight excluding hydrogens is 581 g/mol. The molecule has 0 saturated carbocycles. The Labute approximate surface area is 250 Å². The first-order valence-electron chi connectivity index (χ1n) is 13.9. The summed E-state index contributed by atoms with van der Waals surface area (Å²) in [5.41, 5.74) is 0.945. The Morgan fingerprint density at radius 1 is 1.22 bits per heavy atom. The monoisotopic (exact) mass is 620 g/mol. The van der Waals surface area contributed by atoms with Gasteiger partial charge >= 0.3 is 0 Å². The minimum Gasteiger partial charge on any atom is -0.390 e. The maximum absolute atomic E-state index is 13.5. The van der Waals surface area contributed by atoms with Crippen LogP contribution in [0.2, 0.25) is 0 Å². The highest BCUT2D eigenvalue weighted by molar-refractivity contribution is 7.89. The first-order valence-corrected chi connectivity index (χ1v) is 17.0. The van der Waals surface area contributed by atoms with Crippen LogP contribution in [-0.2, 0) is 20.2 Å². The first-order chi connectivity index (χ1) is 19.2. The molecule has 41 heavy (non-hydrogen) atoms. The summed E-state index contributed by atoms with van der Waals surface area (Å²) in [6.07, 6.45) is 1.58. The number of hydrogen-bond donors (Lipinski definition) is 3. The second-order valence-electron chi connectivity index (χ2n) is 12.1. The number of aliphatic hydroxyl groups excluding tert-OH is 1. The van der Waals surface area contributed by atoms with Crippen LogP contribution in [-0.4, -0.2) is 65.9 Å². The van der Waals surface area contributed by atoms with Crippen molar-refractivity contribution in [3.05, 3.63) is 45.8 Å². The Hall–Kier alpha value is -2.38. The molecule has 0 aliphatic carbocycles. The normalized spacial score (nSPS) is 19.7. The molecule has 3 N–H and O–H groups in total. The van der Waals surface area contributed by atoms with Crippen molar-refractivity contribution in [3.63, 3.8) is 0 Å². The van der Waals surface area contributed by atoms with E-state index in [4.69, 9.17) is 0 Å². The molecule has 1 aliphatic heterocycles. The molecule has 1 fully saturated rings. The van der Waals surface area contributed by atoms with Crippen molar-refractivity contribution in [3.8, 4) is 0 Å². The number of β-amino-alcohol motifs (C(OH)–C–C–N with tert-alkyl or cyclic N) is 1. The zero-order valence-corrected chi connectivity index (χ0v) is 26.9. The van der Waals surface area contributed by atoms with Gasteiger partial charge in [-0.05, 0) is 61.3 Å². The van der Waals surface area contributed by atoms with Crippen molar-refractivity contribution >= 4 is 53.9 Å². The molecule has 4 heterocycles. The van der Waals surface area contributed by atoms with Crippen molar-refractivity contribution in [1.82, 2.24) is 19.9 Å². The molecule has 9 nitrogen and oxygen atoms in total. The number of sulfonamides is 1. The molecule has 2 unspecified atom stereocenters. The Morgan fingerprint density at radius 3 is 2.56 bits per heavy atom. The number of carbonyl (C=O) groups excluding carboxylic acids is 2. The molecule has 3 aromatic rings. The minimum absolute atomic E-state index is 0.0287. The van der Waals surface area contributed by atoms with E-state index in [2.05, 4.69) is 42.5 Å². The summed E-state index contributed by atoms with van der Waals surface area (Å²) < 4.78 is 29.5. The molecule has 12 heteroatoms. The summed E-state index contributed by atoms with van der Waals surface area (Å²) in [4.78, 5) is 32.7. The highest BCUT2D eigenvalue weighted by atomic mass is 32.2. The van der Waals surface area contributed by atoms with E-state index >= 15 is 0 Å². The van der Waals surface area contributed by atoms with Gasteiger partial charge in [0.2, 0.25) is 5.91 Å². The number of hydrogen-bond acceptors (Lipinski definition) is 8. The minimum atomic E-state index is -3.88. The van der Waals surface area contributed by atoms with Crippen LogP contribution in [0.1, 0.15) is 74.0 Å².